The summed E-state index contributed by atoms with van der Waals surface area (Å²) >= 11 is 0. The quantitative estimate of drug-likeness (QED) is 0.176. The molecule has 8 aromatic carbocycles. The average molecular weight is 731 g/mol. The Kier molecular flexibility index (Phi) is 6.83. The SMILES string of the molecule is c1ccc(-c2cccc(-c3nc(-c4cccc5oc6ccccc6c45)nc(-c4cccc5oc6cc7c(cc6c45)c4ccccc4n7-c4ccccc4)n3)c2)cc1. The minimum absolute atomic E-state index is 0.560. The summed E-state index contributed by atoms with van der Waals surface area (Å²) < 4.78 is 15.3. The van der Waals surface area contributed by atoms with Gasteiger partial charge in [0.15, 0.2) is 17.5 Å². The van der Waals surface area contributed by atoms with E-state index in [1.807, 2.05) is 54.6 Å². The number of fused-ring (bicyclic) bond motifs is 9. The zero-order chi connectivity index (χ0) is 37.5. The lowest BCUT2D eigenvalue weighted by atomic mass is 10.0. The maximum atomic E-state index is 6.70. The Balaban J connectivity index is 1.13. The molecule has 57 heavy (non-hydrogen) atoms. The maximum Gasteiger partial charge on any atom is 0.164 e. The summed E-state index contributed by atoms with van der Waals surface area (Å²) in [5.41, 5.74) is 11.3. The van der Waals surface area contributed by atoms with Crippen molar-refractivity contribution in [2.75, 3.05) is 0 Å². The standard InChI is InChI=1S/C51H30N4O2/c1-3-14-31(15-4-1)32-16-11-17-33(28-32)49-52-50(37-22-12-26-44-47(37)36-21-8-10-25-43(36)56-44)54-51(53-49)38-23-13-27-45-48(38)40-29-39-35-20-7-9-24-41(35)55(34-18-5-2-6-19-34)42(39)30-46(40)57-45/h1-30H. The van der Waals surface area contributed by atoms with Crippen LogP contribution in [0.4, 0.5) is 0 Å². The fourth-order valence-corrected chi connectivity index (χ4v) is 8.51. The van der Waals surface area contributed by atoms with Crippen LogP contribution in [0.3, 0.4) is 0 Å². The van der Waals surface area contributed by atoms with Crippen LogP contribution in [-0.2, 0) is 0 Å². The molecule has 0 aliphatic rings. The van der Waals surface area contributed by atoms with E-state index in [-0.39, 0.29) is 0 Å². The van der Waals surface area contributed by atoms with Gasteiger partial charge in [-0.05, 0) is 59.7 Å². The monoisotopic (exact) mass is 730 g/mol. The molecule has 0 unspecified atom stereocenters. The molecule has 4 aromatic heterocycles. The summed E-state index contributed by atoms with van der Waals surface area (Å²) in [6, 6.07) is 62.6. The second-order valence-corrected chi connectivity index (χ2v) is 14.4. The van der Waals surface area contributed by atoms with E-state index in [0.29, 0.717) is 17.5 Å². The number of rotatable bonds is 5. The van der Waals surface area contributed by atoms with Crippen molar-refractivity contribution in [2.24, 2.45) is 0 Å². The van der Waals surface area contributed by atoms with Gasteiger partial charge in [-0.1, -0.05) is 127 Å². The van der Waals surface area contributed by atoms with Gasteiger partial charge < -0.3 is 13.4 Å². The van der Waals surface area contributed by atoms with Gasteiger partial charge in [0.05, 0.1) is 11.0 Å². The van der Waals surface area contributed by atoms with Gasteiger partial charge in [0.1, 0.15) is 22.3 Å². The van der Waals surface area contributed by atoms with E-state index in [0.717, 1.165) is 93.8 Å². The number of benzene rings is 8. The second-order valence-electron chi connectivity index (χ2n) is 14.4. The fourth-order valence-electron chi connectivity index (χ4n) is 8.51. The summed E-state index contributed by atoms with van der Waals surface area (Å²) in [4.78, 5) is 15.8. The fraction of sp³-hybridized carbons (Fsp3) is 0. The molecule has 4 heterocycles. The van der Waals surface area contributed by atoms with Crippen LogP contribution in [0, 0.1) is 0 Å². The molecule has 0 aliphatic heterocycles. The van der Waals surface area contributed by atoms with Gasteiger partial charge in [-0.2, -0.15) is 0 Å². The molecule has 0 bridgehead atoms. The molecule has 12 rings (SSSR count). The first-order chi connectivity index (χ1) is 28.2. The Morgan fingerprint density at radius 3 is 1.67 bits per heavy atom. The number of para-hydroxylation sites is 3. The average Bonchev–Trinajstić information content (AvgIpc) is 3.95. The molecule has 0 N–H and O–H groups in total. The lowest BCUT2D eigenvalue weighted by molar-refractivity contribution is 0.669. The topological polar surface area (TPSA) is 69.9 Å². The molecule has 0 atom stereocenters. The normalized spacial score (nSPS) is 11.9. The van der Waals surface area contributed by atoms with Gasteiger partial charge in [-0.3, -0.25) is 0 Å². The minimum Gasteiger partial charge on any atom is -0.456 e. The molecule has 0 saturated heterocycles. The van der Waals surface area contributed by atoms with Gasteiger partial charge in [-0.15, -0.1) is 0 Å². The number of hydrogen-bond acceptors (Lipinski definition) is 5. The van der Waals surface area contributed by atoms with E-state index in [2.05, 4.69) is 132 Å². The van der Waals surface area contributed by atoms with Gasteiger partial charge in [0.2, 0.25) is 0 Å². The summed E-state index contributed by atoms with van der Waals surface area (Å²) in [5.74, 6) is 1.70. The molecule has 266 valence electrons. The van der Waals surface area contributed by atoms with E-state index in [9.17, 15) is 0 Å². The van der Waals surface area contributed by atoms with Crippen LogP contribution < -0.4 is 0 Å². The zero-order valence-corrected chi connectivity index (χ0v) is 30.4. The lowest BCUT2D eigenvalue weighted by Gasteiger charge is -2.11. The van der Waals surface area contributed by atoms with E-state index in [1.54, 1.807) is 0 Å². The van der Waals surface area contributed by atoms with Crippen LogP contribution in [0.5, 0.6) is 0 Å². The molecular weight excluding hydrogens is 701 g/mol. The Morgan fingerprint density at radius 1 is 0.333 bits per heavy atom. The number of aromatic nitrogens is 4. The molecule has 0 spiro atoms. The van der Waals surface area contributed by atoms with Gasteiger partial charge in [0.25, 0.3) is 0 Å². The van der Waals surface area contributed by atoms with Gasteiger partial charge in [0, 0.05) is 60.8 Å². The van der Waals surface area contributed by atoms with Crippen LogP contribution in [0.1, 0.15) is 0 Å². The van der Waals surface area contributed by atoms with E-state index in [4.69, 9.17) is 23.8 Å². The van der Waals surface area contributed by atoms with Crippen LogP contribution >= 0.6 is 0 Å². The maximum absolute atomic E-state index is 6.70. The predicted octanol–water partition coefficient (Wildman–Crippen LogP) is 13.4. The van der Waals surface area contributed by atoms with Crippen molar-refractivity contribution in [3.8, 4) is 51.0 Å². The molecule has 6 nitrogen and oxygen atoms in total. The first kappa shape index (κ1) is 31.5. The largest absolute Gasteiger partial charge is 0.456 e. The van der Waals surface area contributed by atoms with Crippen LogP contribution in [0.2, 0.25) is 0 Å². The highest BCUT2D eigenvalue weighted by Crippen LogP contribution is 2.42. The zero-order valence-electron chi connectivity index (χ0n) is 30.4. The second kappa shape index (κ2) is 12.3. The minimum atomic E-state index is 0.560. The summed E-state index contributed by atoms with van der Waals surface area (Å²) in [6.07, 6.45) is 0. The third-order valence-electron chi connectivity index (χ3n) is 11.1. The van der Waals surface area contributed by atoms with Crippen molar-refractivity contribution >= 4 is 65.7 Å². The number of hydrogen-bond donors (Lipinski definition) is 0. The Morgan fingerprint density at radius 2 is 0.895 bits per heavy atom. The predicted molar refractivity (Wildman–Crippen MR) is 230 cm³/mol. The highest BCUT2D eigenvalue weighted by molar-refractivity contribution is 6.20. The van der Waals surface area contributed by atoms with Crippen molar-refractivity contribution in [3.63, 3.8) is 0 Å². The van der Waals surface area contributed by atoms with E-state index >= 15 is 0 Å². The van der Waals surface area contributed by atoms with Crippen molar-refractivity contribution in [1.82, 2.24) is 19.5 Å². The first-order valence-electron chi connectivity index (χ1n) is 19.0. The van der Waals surface area contributed by atoms with Crippen LogP contribution in [-0.4, -0.2) is 19.5 Å². The molecule has 0 radical (unpaired) electrons. The van der Waals surface area contributed by atoms with Crippen molar-refractivity contribution < 1.29 is 8.83 Å². The molecule has 0 fully saturated rings. The van der Waals surface area contributed by atoms with Gasteiger partial charge in [-0.25, -0.2) is 15.0 Å². The van der Waals surface area contributed by atoms with Gasteiger partial charge >= 0.3 is 0 Å². The molecule has 6 heteroatoms. The number of nitrogens with zero attached hydrogens (tertiary/aromatic N) is 4. The van der Waals surface area contributed by atoms with E-state index in [1.165, 1.54) is 5.39 Å². The Bertz CT molecular complexity index is 3530. The summed E-state index contributed by atoms with van der Waals surface area (Å²) in [7, 11) is 0. The van der Waals surface area contributed by atoms with E-state index < -0.39 is 0 Å². The van der Waals surface area contributed by atoms with Crippen molar-refractivity contribution in [1.29, 1.82) is 0 Å². The highest BCUT2D eigenvalue weighted by Gasteiger charge is 2.22. The van der Waals surface area contributed by atoms with Crippen molar-refractivity contribution in [3.05, 3.63) is 182 Å². The van der Waals surface area contributed by atoms with Crippen molar-refractivity contribution in [2.45, 2.75) is 0 Å². The molecular formula is C51H30N4O2. The molecule has 0 aliphatic carbocycles. The summed E-state index contributed by atoms with van der Waals surface area (Å²) in [6.45, 7) is 0. The molecule has 12 aromatic rings. The third kappa shape index (κ3) is 4.94. The first-order valence-corrected chi connectivity index (χ1v) is 19.0. The smallest absolute Gasteiger partial charge is 0.164 e. The Labute approximate surface area is 325 Å². The van der Waals surface area contributed by atoms with Crippen LogP contribution in [0.25, 0.3) is 117 Å². The lowest BCUT2D eigenvalue weighted by Crippen LogP contribution is -2.01. The highest BCUT2D eigenvalue weighted by atomic mass is 16.3. The Hall–Kier alpha value is -7.83. The third-order valence-corrected chi connectivity index (χ3v) is 11.1. The van der Waals surface area contributed by atoms with Crippen LogP contribution in [0.15, 0.2) is 191 Å². The molecule has 0 saturated carbocycles. The number of furan rings is 2. The molecule has 0 amide bonds. The summed E-state index contributed by atoms with van der Waals surface area (Å²) in [5, 5.41) is 6.26.